The van der Waals surface area contributed by atoms with E-state index in [0.717, 1.165) is 29.8 Å². The van der Waals surface area contributed by atoms with Crippen molar-refractivity contribution in [3.05, 3.63) is 136 Å². The van der Waals surface area contributed by atoms with Crippen molar-refractivity contribution in [2.24, 2.45) is 5.92 Å². The molecule has 2 spiro atoms. The number of Topliss-reactive ketones (excluding diaryl/α,β-unsaturated/α-hetero) is 1. The fraction of sp³-hybridized carbons (Fsp3) is 0.0879. The van der Waals surface area contributed by atoms with Gasteiger partial charge in [-0.2, -0.15) is 0 Å². The molecular formula is C91H27NO. The molecule has 2 heteroatoms. The molecule has 38 rings (SSSR count). The fourth-order valence-corrected chi connectivity index (χ4v) is 30.4. The van der Waals surface area contributed by atoms with Crippen LogP contribution < -0.4 is 4.90 Å². The number of hydrogen-bond donors (Lipinski definition) is 0. The largest absolute Gasteiger partial charge is 0.310 e. The molecule has 0 N–H and O–H groups in total. The molecular weight excluding hydrogens is 1120 g/mol. The highest BCUT2D eigenvalue weighted by Crippen LogP contribution is 2.93. The summed E-state index contributed by atoms with van der Waals surface area (Å²) in [5.74, 6) is 0.0896. The Bertz CT molecular complexity index is 8690. The summed E-state index contributed by atoms with van der Waals surface area (Å²) in [6, 6.07) is 36.3. The Morgan fingerprint density at radius 2 is 0.527 bits per heavy atom. The maximum atomic E-state index is 18.2. The normalized spacial score (nSPS) is 21.2. The molecule has 6 aliphatic rings. The van der Waals surface area contributed by atoms with Gasteiger partial charge in [0.15, 0.2) is 5.78 Å². The Morgan fingerprint density at radius 3 is 0.839 bits per heavy atom. The lowest BCUT2D eigenvalue weighted by atomic mass is 9.69. The second-order valence-electron chi connectivity index (χ2n) is 32.4. The number of carbonyl (C=O) groups is 1. The molecule has 6 aliphatic carbocycles. The van der Waals surface area contributed by atoms with E-state index in [1.165, 1.54) is 27.9 Å². The third-order valence-corrected chi connectivity index (χ3v) is 31.6. The molecule has 2 unspecified atom stereocenters. The van der Waals surface area contributed by atoms with Gasteiger partial charge < -0.3 is 4.90 Å². The molecule has 0 heterocycles. The molecule has 0 radical (unpaired) electrons. The summed E-state index contributed by atoms with van der Waals surface area (Å²) in [5.41, 5.74) is 14.7. The van der Waals surface area contributed by atoms with Crippen molar-refractivity contribution in [1.29, 1.82) is 0 Å². The molecule has 0 amide bonds. The van der Waals surface area contributed by atoms with Crippen LogP contribution in [-0.4, -0.2) is 5.78 Å². The van der Waals surface area contributed by atoms with E-state index in [1.807, 2.05) is 0 Å². The van der Waals surface area contributed by atoms with Gasteiger partial charge in [0.05, 0.1) is 5.92 Å². The van der Waals surface area contributed by atoms with E-state index in [9.17, 15) is 0 Å². The number of rotatable bonds is 7. The zero-order chi connectivity index (χ0) is 57.1. The van der Waals surface area contributed by atoms with Gasteiger partial charge in [-0.05, 0) is 391 Å². The summed E-state index contributed by atoms with van der Waals surface area (Å²) in [6.07, 6.45) is 1.89. The first-order chi connectivity index (χ1) is 46.2. The average Bonchev–Trinajstić information content (AvgIpc) is 1.37. The smallest absolute Gasteiger partial charge is 0.168 e. The van der Waals surface area contributed by atoms with Gasteiger partial charge in [-0.1, -0.05) is 68.4 Å². The molecule has 402 valence electrons. The lowest BCUT2D eigenvalue weighted by Crippen LogP contribution is -2.25. The Balaban J connectivity index is 0.768. The van der Waals surface area contributed by atoms with E-state index in [1.54, 1.807) is 313 Å². The van der Waals surface area contributed by atoms with Gasteiger partial charge in [-0.15, -0.1) is 0 Å². The van der Waals surface area contributed by atoms with E-state index < -0.39 is 10.8 Å². The average molecular weight is 1150 g/mol. The maximum Gasteiger partial charge on any atom is 0.168 e. The Hall–Kier alpha value is -11.2. The Morgan fingerprint density at radius 1 is 0.280 bits per heavy atom. The predicted octanol–water partition coefficient (Wildman–Crippen LogP) is 24.4. The zero-order valence-electron chi connectivity index (χ0n) is 49.1. The fourth-order valence-electron chi connectivity index (χ4n) is 30.4. The van der Waals surface area contributed by atoms with Crippen molar-refractivity contribution in [2.45, 2.75) is 42.9 Å². The minimum atomic E-state index is -0.558. The third-order valence-electron chi connectivity index (χ3n) is 31.6. The highest BCUT2D eigenvalue weighted by atomic mass is 16.1. The molecule has 2 nitrogen and oxygen atoms in total. The van der Waals surface area contributed by atoms with Crippen molar-refractivity contribution in [1.82, 2.24) is 0 Å². The SMILES string of the molecule is CCC1(CC)c2cc(C(=O)C3C45c6c7c8c9c%10c%11c(c%12c%13c4c4c%14c6c6c%15c7c7c9c9c%10c%10c%16c%11c%12c%11c%12c%13c4c4c%13c%14c6c6c%14c%15c7c7c9c9c%10c%10c%16c%11c%11c%12c4c4c%13c6c6c%14c7c9c7c%10c%11c4c67)C835)ccc2-c2ccc(N(c3ccccc3)c3ccccc3)cc21. The predicted molar refractivity (Wildman–Crippen MR) is 390 cm³/mol. The van der Waals surface area contributed by atoms with Gasteiger partial charge in [-0.25, -0.2) is 0 Å². The van der Waals surface area contributed by atoms with E-state index in [2.05, 4.69) is 116 Å². The first-order valence-corrected chi connectivity index (χ1v) is 34.7. The van der Waals surface area contributed by atoms with E-state index in [0.29, 0.717) is 5.78 Å². The first kappa shape index (κ1) is 38.5. The summed E-state index contributed by atoms with van der Waals surface area (Å²) >= 11 is 0. The molecule has 1 saturated carbocycles. The van der Waals surface area contributed by atoms with Gasteiger partial charge >= 0.3 is 0 Å². The zero-order valence-corrected chi connectivity index (χ0v) is 49.1. The first-order valence-electron chi connectivity index (χ1n) is 34.7. The monoisotopic (exact) mass is 1150 g/mol. The Labute approximate surface area is 516 Å². The van der Waals surface area contributed by atoms with Crippen LogP contribution >= 0.6 is 0 Å². The standard InChI is InChI=1S/C91H27NO/c1-3-89(4-2)27-19-21(15-17-25(27)26-18-16-24(20-28(26)89)92(22-11-7-5-8-12-22)23-13-9-6-10-14-23)87(93)88-90-83-76-69-57-49-40-31-29-30-32-35(31)44-51(49)59-60-52(44)50-41(32)43-39-34(30)37-36-33(29)38-42(40)55(57)63-61-47(38)45(36)53-54-46(37)48(39)62-64-56(43)58(50)70-72(60)81(80(83)71(59)69)84-77(70)75(64)79-68(62)66(54)73-65(53)67(61)78(74(63)76)85(90)82(73)86(79)91(84,88)90/h5-20,88H,3-4H2,1-2H3. The number of carbonyl (C=O) groups excluding carboxylic acids is 1. The van der Waals surface area contributed by atoms with Crippen LogP contribution in [0.25, 0.3) is 302 Å². The number of anilines is 3. The van der Waals surface area contributed by atoms with E-state index in [-0.39, 0.29) is 11.3 Å². The number of para-hydroxylation sites is 2. The van der Waals surface area contributed by atoms with Gasteiger partial charge in [0.25, 0.3) is 0 Å². The summed E-state index contributed by atoms with van der Waals surface area (Å²) < 4.78 is 0. The highest BCUT2D eigenvalue weighted by molar-refractivity contribution is 6.82. The van der Waals surface area contributed by atoms with Gasteiger partial charge in [0.1, 0.15) is 0 Å². The summed E-state index contributed by atoms with van der Waals surface area (Å²) in [6.45, 7) is 4.82. The van der Waals surface area contributed by atoms with E-state index >= 15 is 4.79 Å². The van der Waals surface area contributed by atoms with Crippen LogP contribution in [0.2, 0.25) is 0 Å². The number of hydrogen-bond acceptors (Lipinski definition) is 2. The van der Waals surface area contributed by atoms with Crippen LogP contribution in [0.4, 0.5) is 17.1 Å². The molecule has 0 aromatic heterocycles. The number of fused-ring (bicyclic) bond motifs is 3. The minimum absolute atomic E-state index is 0.277. The molecule has 1 fully saturated rings. The Kier molecular flexibility index (Phi) is 3.96. The van der Waals surface area contributed by atoms with Crippen LogP contribution in [0.1, 0.15) is 70.4 Å². The van der Waals surface area contributed by atoms with Crippen LogP contribution in [0.15, 0.2) is 97.1 Å². The van der Waals surface area contributed by atoms with Crippen LogP contribution in [-0.2, 0) is 16.2 Å². The van der Waals surface area contributed by atoms with Crippen molar-refractivity contribution in [3.63, 3.8) is 0 Å². The summed E-state index contributed by atoms with van der Waals surface area (Å²) in [5, 5.41) is 86.4. The molecule has 2 atom stereocenters. The van der Waals surface area contributed by atoms with Crippen molar-refractivity contribution < 1.29 is 4.79 Å². The lowest BCUT2D eigenvalue weighted by Gasteiger charge is -2.32. The van der Waals surface area contributed by atoms with Gasteiger partial charge in [-0.3, -0.25) is 4.79 Å². The van der Waals surface area contributed by atoms with Crippen LogP contribution in [0.3, 0.4) is 0 Å². The van der Waals surface area contributed by atoms with Crippen molar-refractivity contribution in [3.8, 4) is 11.1 Å². The quantitative estimate of drug-likeness (QED) is 0.117. The van der Waals surface area contributed by atoms with Gasteiger partial charge in [0.2, 0.25) is 0 Å². The molecule has 32 aromatic rings. The molecule has 93 heavy (non-hydrogen) atoms. The lowest BCUT2D eigenvalue weighted by molar-refractivity contribution is 0.0955. The summed E-state index contributed by atoms with van der Waals surface area (Å²) in [7, 11) is 0. The maximum absolute atomic E-state index is 18.2. The minimum Gasteiger partial charge on any atom is -0.310 e. The number of benzene rings is 21. The van der Waals surface area contributed by atoms with Crippen LogP contribution in [0, 0.1) is 5.92 Å². The summed E-state index contributed by atoms with van der Waals surface area (Å²) in [4.78, 5) is 20.6. The second-order valence-corrected chi connectivity index (χ2v) is 32.4. The third kappa shape index (κ3) is 2.42. The second kappa shape index (κ2) is 9.58. The number of nitrogens with zero attached hydrogens (tertiary/aromatic N) is 1. The van der Waals surface area contributed by atoms with Crippen molar-refractivity contribution in [2.75, 3.05) is 4.90 Å². The molecule has 0 saturated heterocycles. The molecule has 0 bridgehead atoms. The molecule has 0 aliphatic heterocycles. The van der Waals surface area contributed by atoms with Crippen molar-refractivity contribution >= 4 is 314 Å². The topological polar surface area (TPSA) is 20.3 Å². The highest BCUT2D eigenvalue weighted by Gasteiger charge is 2.89. The number of ketones is 1. The van der Waals surface area contributed by atoms with Crippen LogP contribution in [0.5, 0.6) is 0 Å². The van der Waals surface area contributed by atoms with Gasteiger partial charge in [0, 0.05) is 38.9 Å². The molecule has 32 aromatic carbocycles. The van der Waals surface area contributed by atoms with E-state index in [4.69, 9.17) is 0 Å².